The SMILES string of the molecule is CCCN(CCO)Cc1nnnn1-c1ccccc1. The summed E-state index contributed by atoms with van der Waals surface area (Å²) < 4.78 is 1.74. The Labute approximate surface area is 112 Å². The van der Waals surface area contributed by atoms with E-state index in [9.17, 15) is 0 Å². The maximum absolute atomic E-state index is 9.08. The number of rotatable bonds is 7. The van der Waals surface area contributed by atoms with Gasteiger partial charge in [-0.1, -0.05) is 25.1 Å². The molecule has 0 aliphatic rings. The molecule has 0 bridgehead atoms. The Kier molecular flexibility index (Phi) is 5.00. The molecule has 1 aromatic carbocycles. The predicted octanol–water partition coefficient (Wildman–Crippen LogP) is 0.867. The van der Waals surface area contributed by atoms with Crippen LogP contribution >= 0.6 is 0 Å². The second-order valence-electron chi connectivity index (χ2n) is 4.34. The molecule has 1 N–H and O–H groups in total. The Bertz CT molecular complexity index is 479. The number of hydrogen-bond acceptors (Lipinski definition) is 5. The van der Waals surface area contributed by atoms with Crippen LogP contribution in [-0.2, 0) is 6.54 Å². The highest BCUT2D eigenvalue weighted by Gasteiger charge is 2.12. The van der Waals surface area contributed by atoms with Crippen LogP contribution in [0.15, 0.2) is 30.3 Å². The number of para-hydroxylation sites is 1. The van der Waals surface area contributed by atoms with Gasteiger partial charge in [0.15, 0.2) is 5.82 Å². The monoisotopic (exact) mass is 261 g/mol. The van der Waals surface area contributed by atoms with Crippen molar-refractivity contribution >= 4 is 0 Å². The Morgan fingerprint density at radius 2 is 2.00 bits per heavy atom. The summed E-state index contributed by atoms with van der Waals surface area (Å²) in [6, 6.07) is 9.81. The lowest BCUT2D eigenvalue weighted by atomic mass is 10.3. The molecule has 0 aliphatic heterocycles. The van der Waals surface area contributed by atoms with Crippen LogP contribution in [0, 0.1) is 0 Å². The average Bonchev–Trinajstić information content (AvgIpc) is 2.88. The fourth-order valence-corrected chi connectivity index (χ4v) is 2.00. The molecule has 0 amide bonds. The minimum Gasteiger partial charge on any atom is -0.395 e. The smallest absolute Gasteiger partial charge is 0.170 e. The van der Waals surface area contributed by atoms with Gasteiger partial charge in [0.05, 0.1) is 18.8 Å². The van der Waals surface area contributed by atoms with Gasteiger partial charge in [0.2, 0.25) is 0 Å². The standard InChI is InChI=1S/C13H19N5O/c1-2-8-17(9-10-19)11-13-14-15-16-18(13)12-6-4-3-5-7-12/h3-7,19H,2,8-11H2,1H3. The molecule has 0 saturated heterocycles. The number of tetrazole rings is 1. The van der Waals surface area contributed by atoms with Crippen LogP contribution in [0.5, 0.6) is 0 Å². The van der Waals surface area contributed by atoms with E-state index in [1.807, 2.05) is 30.3 Å². The van der Waals surface area contributed by atoms with Gasteiger partial charge in [-0.3, -0.25) is 4.90 Å². The maximum atomic E-state index is 9.08. The normalized spacial score (nSPS) is 11.1. The number of nitrogens with zero attached hydrogens (tertiary/aromatic N) is 5. The van der Waals surface area contributed by atoms with Crippen molar-refractivity contribution in [3.05, 3.63) is 36.2 Å². The Morgan fingerprint density at radius 3 is 2.68 bits per heavy atom. The fraction of sp³-hybridized carbons (Fsp3) is 0.462. The number of aromatic nitrogens is 4. The van der Waals surface area contributed by atoms with Crippen molar-refractivity contribution < 1.29 is 5.11 Å². The van der Waals surface area contributed by atoms with E-state index in [1.165, 1.54) is 0 Å². The van der Waals surface area contributed by atoms with Crippen LogP contribution in [0.4, 0.5) is 0 Å². The van der Waals surface area contributed by atoms with Gasteiger partial charge in [0, 0.05) is 6.54 Å². The molecule has 6 heteroatoms. The van der Waals surface area contributed by atoms with Crippen molar-refractivity contribution in [3.63, 3.8) is 0 Å². The quantitative estimate of drug-likeness (QED) is 0.801. The van der Waals surface area contributed by atoms with E-state index in [-0.39, 0.29) is 6.61 Å². The van der Waals surface area contributed by atoms with E-state index >= 15 is 0 Å². The van der Waals surface area contributed by atoms with Crippen molar-refractivity contribution in [2.45, 2.75) is 19.9 Å². The lowest BCUT2D eigenvalue weighted by molar-refractivity contribution is 0.186. The van der Waals surface area contributed by atoms with E-state index in [0.29, 0.717) is 13.1 Å². The third-order valence-electron chi connectivity index (χ3n) is 2.86. The summed E-state index contributed by atoms with van der Waals surface area (Å²) in [6.45, 7) is 4.45. The molecule has 0 radical (unpaired) electrons. The number of aliphatic hydroxyl groups excluding tert-OH is 1. The van der Waals surface area contributed by atoms with Gasteiger partial charge in [-0.15, -0.1) is 5.10 Å². The minimum atomic E-state index is 0.146. The third-order valence-corrected chi connectivity index (χ3v) is 2.86. The topological polar surface area (TPSA) is 67.1 Å². The van der Waals surface area contributed by atoms with Gasteiger partial charge >= 0.3 is 0 Å². The van der Waals surface area contributed by atoms with Crippen molar-refractivity contribution in [1.82, 2.24) is 25.1 Å². The molecule has 0 unspecified atom stereocenters. The average molecular weight is 261 g/mol. The summed E-state index contributed by atoms with van der Waals surface area (Å²) in [5.41, 5.74) is 0.947. The zero-order valence-corrected chi connectivity index (χ0v) is 11.1. The highest BCUT2D eigenvalue weighted by Crippen LogP contribution is 2.09. The van der Waals surface area contributed by atoms with Crippen LogP contribution in [0.2, 0.25) is 0 Å². The van der Waals surface area contributed by atoms with E-state index in [1.54, 1.807) is 4.68 Å². The number of aliphatic hydroxyl groups is 1. The van der Waals surface area contributed by atoms with Crippen molar-refractivity contribution in [2.24, 2.45) is 0 Å². The lowest BCUT2D eigenvalue weighted by Crippen LogP contribution is -2.28. The van der Waals surface area contributed by atoms with Gasteiger partial charge in [0.1, 0.15) is 0 Å². The first-order valence-corrected chi connectivity index (χ1v) is 6.51. The maximum Gasteiger partial charge on any atom is 0.170 e. The molecule has 0 fully saturated rings. The van der Waals surface area contributed by atoms with Crippen molar-refractivity contribution in [3.8, 4) is 5.69 Å². The first-order valence-electron chi connectivity index (χ1n) is 6.51. The van der Waals surface area contributed by atoms with E-state index in [2.05, 4.69) is 27.3 Å². The summed E-state index contributed by atoms with van der Waals surface area (Å²) >= 11 is 0. The Hall–Kier alpha value is -1.79. The van der Waals surface area contributed by atoms with E-state index in [4.69, 9.17) is 5.11 Å². The predicted molar refractivity (Wildman–Crippen MR) is 71.8 cm³/mol. The fourth-order valence-electron chi connectivity index (χ4n) is 2.00. The highest BCUT2D eigenvalue weighted by atomic mass is 16.3. The Balaban J connectivity index is 2.15. The summed E-state index contributed by atoms with van der Waals surface area (Å²) in [7, 11) is 0. The van der Waals surface area contributed by atoms with Crippen LogP contribution in [-0.4, -0.2) is 49.9 Å². The Morgan fingerprint density at radius 1 is 1.21 bits per heavy atom. The van der Waals surface area contributed by atoms with Crippen LogP contribution in [0.1, 0.15) is 19.2 Å². The molecular weight excluding hydrogens is 242 g/mol. The second kappa shape index (κ2) is 6.96. The van der Waals surface area contributed by atoms with Crippen LogP contribution in [0.3, 0.4) is 0 Å². The summed E-state index contributed by atoms with van der Waals surface area (Å²) in [6.07, 6.45) is 1.03. The zero-order chi connectivity index (χ0) is 13.5. The molecule has 1 aromatic heterocycles. The van der Waals surface area contributed by atoms with Gasteiger partial charge < -0.3 is 5.11 Å². The second-order valence-corrected chi connectivity index (χ2v) is 4.34. The summed E-state index contributed by atoms with van der Waals surface area (Å²) in [5, 5.41) is 20.9. The van der Waals surface area contributed by atoms with E-state index < -0.39 is 0 Å². The highest BCUT2D eigenvalue weighted by molar-refractivity contribution is 5.30. The third kappa shape index (κ3) is 3.59. The molecule has 19 heavy (non-hydrogen) atoms. The minimum absolute atomic E-state index is 0.146. The number of hydrogen-bond donors (Lipinski definition) is 1. The largest absolute Gasteiger partial charge is 0.395 e. The summed E-state index contributed by atoms with van der Waals surface area (Å²) in [5.74, 6) is 0.785. The molecule has 2 rings (SSSR count). The molecule has 102 valence electrons. The van der Waals surface area contributed by atoms with Crippen LogP contribution in [0.25, 0.3) is 5.69 Å². The van der Waals surface area contributed by atoms with Crippen LogP contribution < -0.4 is 0 Å². The zero-order valence-electron chi connectivity index (χ0n) is 11.1. The van der Waals surface area contributed by atoms with Gasteiger partial charge in [-0.25, -0.2) is 0 Å². The molecule has 0 saturated carbocycles. The summed E-state index contributed by atoms with van der Waals surface area (Å²) in [4.78, 5) is 2.14. The molecule has 0 aliphatic carbocycles. The van der Waals surface area contributed by atoms with E-state index in [0.717, 1.165) is 24.5 Å². The van der Waals surface area contributed by atoms with Gasteiger partial charge in [-0.2, -0.15) is 4.68 Å². The molecule has 0 spiro atoms. The van der Waals surface area contributed by atoms with Crippen molar-refractivity contribution in [1.29, 1.82) is 0 Å². The van der Waals surface area contributed by atoms with Crippen molar-refractivity contribution in [2.75, 3.05) is 19.7 Å². The molecule has 2 aromatic rings. The van der Waals surface area contributed by atoms with Gasteiger partial charge in [0.25, 0.3) is 0 Å². The first kappa shape index (κ1) is 13.6. The molecule has 0 atom stereocenters. The number of benzene rings is 1. The molecule has 1 heterocycles. The lowest BCUT2D eigenvalue weighted by Gasteiger charge is -2.19. The van der Waals surface area contributed by atoms with Gasteiger partial charge in [-0.05, 0) is 35.5 Å². The molecular formula is C13H19N5O. The first-order chi connectivity index (χ1) is 9.35. The molecule has 6 nitrogen and oxygen atoms in total.